The lowest BCUT2D eigenvalue weighted by Gasteiger charge is -2.11. The summed E-state index contributed by atoms with van der Waals surface area (Å²) in [6.45, 7) is 2.59. The van der Waals surface area contributed by atoms with E-state index in [1.165, 1.54) is 12.1 Å². The first kappa shape index (κ1) is 15.2. The molecule has 0 aliphatic rings. The van der Waals surface area contributed by atoms with E-state index in [1.54, 1.807) is 6.07 Å². The minimum atomic E-state index is -0.483. The fourth-order valence-electron chi connectivity index (χ4n) is 1.46. The Morgan fingerprint density at radius 2 is 2.22 bits per heavy atom. The van der Waals surface area contributed by atoms with Gasteiger partial charge in [0.1, 0.15) is 0 Å². The highest BCUT2D eigenvalue weighted by Gasteiger charge is 2.15. The van der Waals surface area contributed by atoms with Gasteiger partial charge in [-0.3, -0.25) is 10.1 Å². The largest absolute Gasteiger partial charge is 0.487 e. The fraction of sp³-hybridized carbons (Fsp3) is 0.500. The molecule has 4 nitrogen and oxygen atoms in total. The van der Waals surface area contributed by atoms with Gasteiger partial charge in [0.15, 0.2) is 5.75 Å². The van der Waals surface area contributed by atoms with Gasteiger partial charge in [0.2, 0.25) is 0 Å². The first-order chi connectivity index (χ1) is 8.54. The minimum absolute atomic E-state index is 0.0874. The maximum atomic E-state index is 10.8. The van der Waals surface area contributed by atoms with Gasteiger partial charge in [-0.25, -0.2) is 0 Å². The second-order valence-corrected chi connectivity index (χ2v) is 5.32. The highest BCUT2D eigenvalue weighted by molar-refractivity contribution is 9.09. The van der Waals surface area contributed by atoms with Crippen LogP contribution in [-0.2, 0) is 0 Å². The van der Waals surface area contributed by atoms with Gasteiger partial charge in [-0.05, 0) is 30.9 Å². The summed E-state index contributed by atoms with van der Waals surface area (Å²) >= 11 is 9.10. The quantitative estimate of drug-likeness (QED) is 0.420. The topological polar surface area (TPSA) is 52.4 Å². The van der Waals surface area contributed by atoms with Crippen LogP contribution < -0.4 is 4.74 Å². The molecule has 0 aliphatic carbocycles. The third-order valence-corrected chi connectivity index (χ3v) is 3.28. The van der Waals surface area contributed by atoms with E-state index < -0.39 is 4.92 Å². The Kier molecular flexibility index (Phi) is 6.43. The van der Waals surface area contributed by atoms with Crippen molar-refractivity contribution in [1.82, 2.24) is 0 Å². The van der Waals surface area contributed by atoms with Gasteiger partial charge in [-0.15, -0.1) is 0 Å². The van der Waals surface area contributed by atoms with Gasteiger partial charge in [0.25, 0.3) is 0 Å². The molecule has 0 fully saturated rings. The van der Waals surface area contributed by atoms with Crippen LogP contribution in [0, 0.1) is 16.0 Å². The normalized spacial score (nSPS) is 12.2. The van der Waals surface area contributed by atoms with Crippen molar-refractivity contribution >= 4 is 33.2 Å². The second kappa shape index (κ2) is 7.59. The van der Waals surface area contributed by atoms with Crippen LogP contribution >= 0.6 is 27.5 Å². The van der Waals surface area contributed by atoms with Crippen molar-refractivity contribution in [1.29, 1.82) is 0 Å². The zero-order valence-corrected chi connectivity index (χ0v) is 12.4. The Labute approximate surface area is 120 Å². The molecule has 1 rings (SSSR count). The van der Waals surface area contributed by atoms with Crippen molar-refractivity contribution in [2.45, 2.75) is 19.8 Å². The molecule has 0 amide bonds. The lowest BCUT2D eigenvalue weighted by atomic mass is 10.1. The van der Waals surface area contributed by atoms with Gasteiger partial charge in [0, 0.05) is 16.4 Å². The third-order valence-electron chi connectivity index (χ3n) is 2.59. The van der Waals surface area contributed by atoms with Crippen LogP contribution in [0.25, 0.3) is 0 Å². The molecule has 1 aromatic rings. The summed E-state index contributed by atoms with van der Waals surface area (Å²) < 4.78 is 5.45. The number of alkyl halides is 1. The number of hydrogen-bond acceptors (Lipinski definition) is 3. The van der Waals surface area contributed by atoms with Crippen molar-refractivity contribution in [2.75, 3.05) is 11.9 Å². The molecule has 0 radical (unpaired) electrons. The van der Waals surface area contributed by atoms with Crippen LogP contribution in [0.4, 0.5) is 5.69 Å². The maximum Gasteiger partial charge on any atom is 0.312 e. The molecular weight excluding hydrogens is 321 g/mol. The van der Waals surface area contributed by atoms with E-state index in [0.717, 1.165) is 18.2 Å². The molecule has 18 heavy (non-hydrogen) atoms. The molecule has 0 spiro atoms. The van der Waals surface area contributed by atoms with Gasteiger partial charge >= 0.3 is 5.69 Å². The molecule has 1 atom stereocenters. The number of halogens is 2. The average molecular weight is 337 g/mol. The fourth-order valence-corrected chi connectivity index (χ4v) is 2.40. The number of nitro groups is 1. The molecule has 1 aromatic carbocycles. The van der Waals surface area contributed by atoms with Crippen LogP contribution in [0.3, 0.4) is 0 Å². The van der Waals surface area contributed by atoms with Crippen LogP contribution in [0.5, 0.6) is 5.75 Å². The van der Waals surface area contributed by atoms with Crippen molar-refractivity contribution < 1.29 is 9.66 Å². The third kappa shape index (κ3) is 4.82. The van der Waals surface area contributed by atoms with Crippen LogP contribution in [0.1, 0.15) is 19.8 Å². The highest BCUT2D eigenvalue weighted by atomic mass is 79.9. The van der Waals surface area contributed by atoms with E-state index in [1.807, 2.05) is 0 Å². The average Bonchev–Trinajstić information content (AvgIpc) is 2.31. The summed E-state index contributed by atoms with van der Waals surface area (Å²) in [6.07, 6.45) is 1.93. The van der Waals surface area contributed by atoms with E-state index in [2.05, 4.69) is 22.9 Å². The molecular formula is C12H15BrClNO3. The van der Waals surface area contributed by atoms with E-state index in [9.17, 15) is 10.1 Å². The zero-order chi connectivity index (χ0) is 13.5. The molecule has 0 saturated carbocycles. The molecule has 100 valence electrons. The van der Waals surface area contributed by atoms with Crippen molar-refractivity contribution in [3.63, 3.8) is 0 Å². The Bertz CT molecular complexity index is 414. The molecule has 1 unspecified atom stereocenters. The monoisotopic (exact) mass is 335 g/mol. The van der Waals surface area contributed by atoms with E-state index in [-0.39, 0.29) is 11.4 Å². The summed E-state index contributed by atoms with van der Waals surface area (Å²) in [7, 11) is 0. The summed E-state index contributed by atoms with van der Waals surface area (Å²) in [6, 6.07) is 4.43. The Hall–Kier alpha value is -0.810. The van der Waals surface area contributed by atoms with Gasteiger partial charge in [0.05, 0.1) is 11.5 Å². The van der Waals surface area contributed by atoms with E-state index >= 15 is 0 Å². The predicted octanol–water partition coefficient (Wildman–Crippen LogP) is 4.44. The molecule has 6 heteroatoms. The molecule has 0 aromatic heterocycles. The molecule has 0 N–H and O–H groups in total. The number of nitrogens with zero attached hydrogens (tertiary/aromatic N) is 1. The van der Waals surface area contributed by atoms with Crippen molar-refractivity contribution in [3.05, 3.63) is 33.3 Å². The first-order valence-electron chi connectivity index (χ1n) is 5.67. The number of benzene rings is 1. The van der Waals surface area contributed by atoms with Gasteiger partial charge < -0.3 is 4.74 Å². The molecule has 0 heterocycles. The lowest BCUT2D eigenvalue weighted by Crippen LogP contribution is -2.06. The smallest absolute Gasteiger partial charge is 0.312 e. The van der Waals surface area contributed by atoms with Gasteiger partial charge in [-0.2, -0.15) is 0 Å². The maximum absolute atomic E-state index is 10.8. The number of ether oxygens (including phenoxy) is 1. The Balaban J connectivity index is 2.59. The summed E-state index contributed by atoms with van der Waals surface area (Å²) in [4.78, 5) is 10.4. The number of hydrogen-bond donors (Lipinski definition) is 0. The summed E-state index contributed by atoms with van der Waals surface area (Å²) in [5.74, 6) is 0.797. The number of rotatable bonds is 7. The number of nitro benzene ring substituents is 1. The van der Waals surface area contributed by atoms with Crippen molar-refractivity contribution in [2.24, 2.45) is 5.92 Å². The lowest BCUT2D eigenvalue weighted by molar-refractivity contribution is -0.385. The molecule has 0 aliphatic heterocycles. The molecule has 0 saturated heterocycles. The van der Waals surface area contributed by atoms with Crippen LogP contribution in [0.15, 0.2) is 18.2 Å². The van der Waals surface area contributed by atoms with Gasteiger partial charge in [-0.1, -0.05) is 34.5 Å². The highest BCUT2D eigenvalue weighted by Crippen LogP contribution is 2.30. The SMILES string of the molecule is CC(CCBr)CCOc1ccc(Cl)cc1[N+](=O)[O-]. The summed E-state index contributed by atoms with van der Waals surface area (Å²) in [5, 5.41) is 12.1. The zero-order valence-electron chi connectivity index (χ0n) is 10.1. The first-order valence-corrected chi connectivity index (χ1v) is 7.17. The Morgan fingerprint density at radius 1 is 1.50 bits per heavy atom. The molecule has 0 bridgehead atoms. The predicted molar refractivity (Wildman–Crippen MR) is 75.8 cm³/mol. The Morgan fingerprint density at radius 3 is 2.83 bits per heavy atom. The minimum Gasteiger partial charge on any atom is -0.487 e. The van der Waals surface area contributed by atoms with Crippen LogP contribution in [0.2, 0.25) is 5.02 Å². The van der Waals surface area contributed by atoms with E-state index in [4.69, 9.17) is 16.3 Å². The van der Waals surface area contributed by atoms with E-state index in [0.29, 0.717) is 17.5 Å². The van der Waals surface area contributed by atoms with Crippen molar-refractivity contribution in [3.8, 4) is 5.75 Å². The standard InChI is InChI=1S/C12H15BrClNO3/c1-9(4-6-13)5-7-18-12-3-2-10(14)8-11(12)15(16)17/h2-3,8-9H,4-7H2,1H3. The van der Waals surface area contributed by atoms with Crippen LogP contribution in [-0.4, -0.2) is 16.9 Å². The summed E-state index contributed by atoms with van der Waals surface area (Å²) in [5.41, 5.74) is -0.0874. The second-order valence-electron chi connectivity index (χ2n) is 4.09.